The molecule has 0 heterocycles. The van der Waals surface area contributed by atoms with Crippen molar-refractivity contribution in [1.29, 1.82) is 0 Å². The second kappa shape index (κ2) is 6.23. The van der Waals surface area contributed by atoms with E-state index in [0.29, 0.717) is 12.0 Å². The first-order valence-corrected chi connectivity index (χ1v) is 7.46. The van der Waals surface area contributed by atoms with Gasteiger partial charge in [0.15, 0.2) is 0 Å². The molecule has 19 heavy (non-hydrogen) atoms. The molecular weight excluding hydrogens is 234 g/mol. The lowest BCUT2D eigenvalue weighted by molar-refractivity contribution is 0.0696. The first-order valence-electron chi connectivity index (χ1n) is 7.46. The smallest absolute Gasteiger partial charge is 0.253 e. The lowest BCUT2D eigenvalue weighted by atomic mass is 9.94. The van der Waals surface area contributed by atoms with Gasteiger partial charge in [-0.05, 0) is 36.5 Å². The van der Waals surface area contributed by atoms with E-state index in [2.05, 4.69) is 26.0 Å². The van der Waals surface area contributed by atoms with E-state index in [0.717, 1.165) is 18.4 Å². The molecule has 1 aromatic carbocycles. The number of carbonyl (C=O) groups is 1. The van der Waals surface area contributed by atoms with Gasteiger partial charge in [0.05, 0.1) is 0 Å². The summed E-state index contributed by atoms with van der Waals surface area (Å²) in [7, 11) is 1.95. The third-order valence-electron chi connectivity index (χ3n) is 4.27. The molecule has 0 unspecified atom stereocenters. The highest BCUT2D eigenvalue weighted by atomic mass is 16.2. The summed E-state index contributed by atoms with van der Waals surface area (Å²) in [5.41, 5.74) is 2.11. The molecular formula is C17H25NO. The van der Waals surface area contributed by atoms with Crippen LogP contribution in [-0.2, 0) is 0 Å². The molecule has 0 saturated heterocycles. The molecule has 104 valence electrons. The van der Waals surface area contributed by atoms with Crippen molar-refractivity contribution in [2.75, 3.05) is 7.05 Å². The largest absolute Gasteiger partial charge is 0.339 e. The molecule has 0 aromatic heterocycles. The summed E-state index contributed by atoms with van der Waals surface area (Å²) < 4.78 is 0. The van der Waals surface area contributed by atoms with Crippen molar-refractivity contribution in [1.82, 2.24) is 4.90 Å². The highest BCUT2D eigenvalue weighted by Crippen LogP contribution is 2.23. The first kappa shape index (κ1) is 14.1. The Morgan fingerprint density at radius 2 is 1.68 bits per heavy atom. The van der Waals surface area contributed by atoms with Crippen LogP contribution in [0, 0.1) is 0 Å². The van der Waals surface area contributed by atoms with Gasteiger partial charge in [-0.3, -0.25) is 4.79 Å². The van der Waals surface area contributed by atoms with E-state index >= 15 is 0 Å². The summed E-state index contributed by atoms with van der Waals surface area (Å²) in [6, 6.07) is 8.53. The lowest BCUT2D eigenvalue weighted by Crippen LogP contribution is -2.38. The van der Waals surface area contributed by atoms with Gasteiger partial charge in [-0.15, -0.1) is 0 Å². The first-order chi connectivity index (χ1) is 9.09. The van der Waals surface area contributed by atoms with Gasteiger partial charge in [-0.2, -0.15) is 0 Å². The Balaban J connectivity index is 2.05. The Hall–Kier alpha value is -1.31. The van der Waals surface area contributed by atoms with Crippen LogP contribution < -0.4 is 0 Å². The molecule has 1 aliphatic carbocycles. The molecule has 0 bridgehead atoms. The minimum atomic E-state index is 0.169. The summed E-state index contributed by atoms with van der Waals surface area (Å²) in [5, 5.41) is 0. The molecule has 0 spiro atoms. The Morgan fingerprint density at radius 3 is 2.21 bits per heavy atom. The van der Waals surface area contributed by atoms with E-state index in [4.69, 9.17) is 0 Å². The van der Waals surface area contributed by atoms with Crippen LogP contribution in [0.15, 0.2) is 24.3 Å². The predicted molar refractivity (Wildman–Crippen MR) is 79.5 cm³/mol. The van der Waals surface area contributed by atoms with E-state index in [1.54, 1.807) is 0 Å². The molecule has 2 nitrogen and oxygen atoms in total. The quantitative estimate of drug-likeness (QED) is 0.796. The van der Waals surface area contributed by atoms with E-state index in [9.17, 15) is 4.79 Å². The number of nitrogens with zero attached hydrogens (tertiary/aromatic N) is 1. The van der Waals surface area contributed by atoms with Crippen LogP contribution in [0.25, 0.3) is 0 Å². The van der Waals surface area contributed by atoms with Crippen molar-refractivity contribution >= 4 is 5.91 Å². The number of hydrogen-bond acceptors (Lipinski definition) is 1. The molecule has 1 saturated carbocycles. The van der Waals surface area contributed by atoms with E-state index in [1.807, 2.05) is 24.1 Å². The standard InChI is InChI=1S/C17H25NO/c1-13(2)14-9-11-15(12-10-14)17(19)18(3)16-7-5-4-6-8-16/h9-13,16H,4-8H2,1-3H3. The average molecular weight is 259 g/mol. The highest BCUT2D eigenvalue weighted by molar-refractivity contribution is 5.94. The Bertz CT molecular complexity index is 415. The minimum Gasteiger partial charge on any atom is -0.339 e. The molecule has 1 aromatic rings. The highest BCUT2D eigenvalue weighted by Gasteiger charge is 2.22. The molecule has 0 atom stereocenters. The molecule has 1 fully saturated rings. The summed E-state index contributed by atoms with van der Waals surface area (Å²) in [5.74, 6) is 0.683. The fraction of sp³-hybridized carbons (Fsp3) is 0.588. The summed E-state index contributed by atoms with van der Waals surface area (Å²) in [6.07, 6.45) is 6.16. The monoisotopic (exact) mass is 259 g/mol. The normalized spacial score (nSPS) is 16.6. The van der Waals surface area contributed by atoms with Gasteiger partial charge in [0.25, 0.3) is 5.91 Å². The maximum Gasteiger partial charge on any atom is 0.253 e. The van der Waals surface area contributed by atoms with Crippen LogP contribution in [0.5, 0.6) is 0 Å². The Kier molecular flexibility index (Phi) is 4.62. The SMILES string of the molecule is CC(C)c1ccc(C(=O)N(C)C2CCCCC2)cc1. The molecule has 2 heteroatoms. The van der Waals surface area contributed by atoms with Crippen LogP contribution in [-0.4, -0.2) is 23.9 Å². The van der Waals surface area contributed by atoms with Gasteiger partial charge in [-0.1, -0.05) is 45.2 Å². The number of rotatable bonds is 3. The van der Waals surface area contributed by atoms with Crippen LogP contribution in [0.3, 0.4) is 0 Å². The maximum absolute atomic E-state index is 12.5. The van der Waals surface area contributed by atoms with E-state index in [-0.39, 0.29) is 5.91 Å². The summed E-state index contributed by atoms with van der Waals surface area (Å²) in [6.45, 7) is 4.34. The zero-order valence-corrected chi connectivity index (χ0v) is 12.4. The van der Waals surface area contributed by atoms with Crippen molar-refractivity contribution < 1.29 is 4.79 Å². The molecule has 1 amide bonds. The Labute approximate surface area is 116 Å². The fourth-order valence-electron chi connectivity index (χ4n) is 2.85. The number of benzene rings is 1. The van der Waals surface area contributed by atoms with Crippen LogP contribution >= 0.6 is 0 Å². The van der Waals surface area contributed by atoms with Crippen LogP contribution in [0.1, 0.15) is 67.8 Å². The van der Waals surface area contributed by atoms with Crippen molar-refractivity contribution in [2.24, 2.45) is 0 Å². The second-order valence-electron chi connectivity index (χ2n) is 5.98. The molecule has 2 rings (SSSR count). The third-order valence-corrected chi connectivity index (χ3v) is 4.27. The predicted octanol–water partition coefficient (Wildman–Crippen LogP) is 4.21. The van der Waals surface area contributed by atoms with E-state index in [1.165, 1.54) is 24.8 Å². The van der Waals surface area contributed by atoms with Crippen LogP contribution in [0.4, 0.5) is 0 Å². The zero-order chi connectivity index (χ0) is 13.8. The molecule has 1 aliphatic rings. The minimum absolute atomic E-state index is 0.169. The van der Waals surface area contributed by atoms with Gasteiger partial charge in [0.1, 0.15) is 0 Å². The summed E-state index contributed by atoms with van der Waals surface area (Å²) in [4.78, 5) is 14.4. The van der Waals surface area contributed by atoms with Gasteiger partial charge >= 0.3 is 0 Å². The Morgan fingerprint density at radius 1 is 1.11 bits per heavy atom. The van der Waals surface area contributed by atoms with E-state index < -0.39 is 0 Å². The molecule has 0 N–H and O–H groups in total. The number of hydrogen-bond donors (Lipinski definition) is 0. The van der Waals surface area contributed by atoms with Crippen molar-refractivity contribution in [3.8, 4) is 0 Å². The van der Waals surface area contributed by atoms with Gasteiger partial charge in [0.2, 0.25) is 0 Å². The molecule has 0 aliphatic heterocycles. The number of amides is 1. The van der Waals surface area contributed by atoms with Gasteiger partial charge in [0, 0.05) is 18.7 Å². The van der Waals surface area contributed by atoms with Gasteiger partial charge in [-0.25, -0.2) is 0 Å². The third kappa shape index (κ3) is 3.37. The topological polar surface area (TPSA) is 20.3 Å². The maximum atomic E-state index is 12.5. The van der Waals surface area contributed by atoms with Crippen molar-refractivity contribution in [3.05, 3.63) is 35.4 Å². The lowest BCUT2D eigenvalue weighted by Gasteiger charge is -2.31. The van der Waals surface area contributed by atoms with Gasteiger partial charge < -0.3 is 4.90 Å². The van der Waals surface area contributed by atoms with Crippen molar-refractivity contribution in [2.45, 2.75) is 57.9 Å². The molecule has 0 radical (unpaired) electrons. The average Bonchev–Trinajstić information content (AvgIpc) is 2.46. The van der Waals surface area contributed by atoms with Crippen molar-refractivity contribution in [3.63, 3.8) is 0 Å². The summed E-state index contributed by atoms with van der Waals surface area (Å²) >= 11 is 0. The zero-order valence-electron chi connectivity index (χ0n) is 12.4. The second-order valence-corrected chi connectivity index (χ2v) is 5.98. The van der Waals surface area contributed by atoms with Crippen LogP contribution in [0.2, 0.25) is 0 Å². The fourth-order valence-corrected chi connectivity index (χ4v) is 2.85. The number of carbonyl (C=O) groups excluding carboxylic acids is 1.